The molecule has 0 unspecified atom stereocenters. The number of aliphatic carboxylic acids is 1. The zero-order valence-electron chi connectivity index (χ0n) is 3.18. The Hall–Kier alpha value is -0.107. The van der Waals surface area contributed by atoms with Crippen LogP contribution in [0.2, 0.25) is 0 Å². The van der Waals surface area contributed by atoms with Crippen LogP contribution in [0.25, 0.3) is 0 Å². The molecule has 0 aromatic carbocycles. The normalized spacial score (nSPS) is 5.17. The van der Waals surface area contributed by atoms with E-state index in [-0.39, 0.29) is 18.3 Å². The molecule has 0 spiro atoms. The summed E-state index contributed by atoms with van der Waals surface area (Å²) in [5, 5.41) is 7.31. The van der Waals surface area contributed by atoms with Crippen molar-refractivity contribution in [2.75, 3.05) is 0 Å². The molecule has 0 aliphatic rings. The number of rotatable bonds is 0. The van der Waals surface area contributed by atoms with E-state index in [0.29, 0.717) is 0 Å². The topological polar surface area (TPSA) is 54.4 Å². The third-order valence-corrected chi connectivity index (χ3v) is 0. The first-order chi connectivity index (χ1) is 2.73. The summed E-state index contributed by atoms with van der Waals surface area (Å²) >= 11 is 0.125. The quantitative estimate of drug-likeness (QED) is 0.474. The summed E-state index contributed by atoms with van der Waals surface area (Å²) in [4.78, 5) is 8.89. The summed E-state index contributed by atoms with van der Waals surface area (Å²) in [6, 6.07) is 0. The van der Waals surface area contributed by atoms with Gasteiger partial charge in [0.25, 0.3) is 0 Å². The molecule has 1 N–H and O–H groups in total. The van der Waals surface area contributed by atoms with Crippen LogP contribution < -0.4 is 0 Å². The first-order valence-corrected chi connectivity index (χ1v) is 2.28. The summed E-state index contributed by atoms with van der Waals surface area (Å²) in [6.45, 7) is 2.56. The zero-order valence-corrected chi connectivity index (χ0v) is 6.15. The molecule has 0 saturated carbocycles. The van der Waals surface area contributed by atoms with E-state index in [1.54, 1.807) is 0 Å². The molecule has 0 heterocycles. The Bertz CT molecular complexity index is 40.1. The van der Waals surface area contributed by atoms with Crippen molar-refractivity contribution in [3.8, 4) is 0 Å². The second kappa shape index (κ2) is 8.86. The van der Waals surface area contributed by atoms with Crippen molar-refractivity contribution in [1.82, 2.24) is 0 Å². The van der Waals surface area contributed by atoms with Crippen molar-refractivity contribution in [2.45, 2.75) is 0 Å². The number of carboxylic acids is 1. The van der Waals surface area contributed by atoms with Gasteiger partial charge in [0, 0.05) is 0 Å². The van der Waals surface area contributed by atoms with Crippen LogP contribution in [0.3, 0.4) is 0 Å². The van der Waals surface area contributed by atoms with Crippen molar-refractivity contribution in [3.05, 3.63) is 6.92 Å². The van der Waals surface area contributed by atoms with Gasteiger partial charge in [0.1, 0.15) is 0 Å². The summed E-state index contributed by atoms with van der Waals surface area (Å²) < 4.78 is 8.38. The molecule has 0 fully saturated rings. The minimum atomic E-state index is -1.08. The van der Waals surface area contributed by atoms with Gasteiger partial charge in [-0.3, -0.25) is 4.79 Å². The first kappa shape index (κ1) is 9.31. The van der Waals surface area contributed by atoms with E-state index < -0.39 is 5.97 Å². The van der Waals surface area contributed by atoms with Gasteiger partial charge >= 0.3 is 27.8 Å². The SMILES string of the molecule is [CH2]C(=O)O.[O]=[Zn]. The molecule has 31 valence electrons. The Morgan fingerprint density at radius 2 is 1.67 bits per heavy atom. The van der Waals surface area contributed by atoms with E-state index in [4.69, 9.17) is 13.5 Å². The second-order valence-corrected chi connectivity index (χ2v) is 0.394. The molecule has 0 aliphatic heterocycles. The molecule has 0 amide bonds. The van der Waals surface area contributed by atoms with Crippen LogP contribution in [0, 0.1) is 6.92 Å². The summed E-state index contributed by atoms with van der Waals surface area (Å²) in [7, 11) is 0. The maximum atomic E-state index is 8.89. The molecule has 0 rings (SSSR count). The molecule has 6 heavy (non-hydrogen) atoms. The molecule has 0 atom stereocenters. The summed E-state index contributed by atoms with van der Waals surface area (Å²) in [6.07, 6.45) is 0. The first-order valence-electron chi connectivity index (χ1n) is 1.07. The van der Waals surface area contributed by atoms with E-state index in [9.17, 15) is 0 Å². The molecule has 0 bridgehead atoms. The average molecular weight is 140 g/mol. The van der Waals surface area contributed by atoms with Gasteiger partial charge in [-0.05, 0) is 0 Å². The molecular weight excluding hydrogens is 137 g/mol. The van der Waals surface area contributed by atoms with Gasteiger partial charge in [-0.25, -0.2) is 0 Å². The van der Waals surface area contributed by atoms with Crippen molar-refractivity contribution in [3.63, 3.8) is 0 Å². The molecule has 0 aliphatic carbocycles. The zero-order chi connectivity index (χ0) is 5.58. The predicted octanol–water partition coefficient (Wildman–Crippen LogP) is -0.216. The fourth-order valence-electron chi connectivity index (χ4n) is 0. The van der Waals surface area contributed by atoms with Crippen molar-refractivity contribution >= 4 is 5.97 Å². The van der Waals surface area contributed by atoms with Crippen LogP contribution in [0.1, 0.15) is 0 Å². The van der Waals surface area contributed by atoms with Gasteiger partial charge in [0.2, 0.25) is 0 Å². The molecule has 0 saturated heterocycles. The second-order valence-electron chi connectivity index (χ2n) is 0.394. The van der Waals surface area contributed by atoms with Gasteiger partial charge < -0.3 is 5.11 Å². The van der Waals surface area contributed by atoms with Crippen LogP contribution in [0.4, 0.5) is 0 Å². The van der Waals surface area contributed by atoms with E-state index in [1.165, 1.54) is 0 Å². The van der Waals surface area contributed by atoms with Gasteiger partial charge in [-0.15, -0.1) is 0 Å². The molecule has 0 aromatic rings. The molecular formula is C2H3O3Zn. The number of hydrogen-bond donors (Lipinski definition) is 1. The Morgan fingerprint density at radius 1 is 1.67 bits per heavy atom. The van der Waals surface area contributed by atoms with Crippen molar-refractivity contribution in [2.24, 2.45) is 0 Å². The van der Waals surface area contributed by atoms with Crippen LogP contribution >= 0.6 is 0 Å². The number of hydrogen-bond acceptors (Lipinski definition) is 2. The Kier molecular flexibility index (Phi) is 13.7. The number of carboxylic acid groups (broad SMARTS) is 1. The Labute approximate surface area is 45.3 Å². The average Bonchev–Trinajstić information content (AvgIpc) is 1.41. The number of carbonyl (C=O) groups is 1. The summed E-state index contributed by atoms with van der Waals surface area (Å²) in [5.41, 5.74) is 0. The minimum absolute atomic E-state index is 0.125. The Morgan fingerprint density at radius 3 is 1.67 bits per heavy atom. The van der Waals surface area contributed by atoms with Crippen LogP contribution in [-0.2, 0) is 26.6 Å². The van der Waals surface area contributed by atoms with Gasteiger partial charge in [0.15, 0.2) is 0 Å². The molecule has 4 heteroatoms. The van der Waals surface area contributed by atoms with E-state index in [1.807, 2.05) is 0 Å². The van der Waals surface area contributed by atoms with E-state index >= 15 is 0 Å². The van der Waals surface area contributed by atoms with Crippen LogP contribution in [-0.4, -0.2) is 11.1 Å². The predicted molar refractivity (Wildman–Crippen MR) is 13.7 cm³/mol. The summed E-state index contributed by atoms with van der Waals surface area (Å²) in [5.74, 6) is -1.08. The van der Waals surface area contributed by atoms with Crippen molar-refractivity contribution < 1.29 is 31.7 Å². The van der Waals surface area contributed by atoms with Gasteiger partial charge in [0.05, 0.1) is 6.92 Å². The van der Waals surface area contributed by atoms with Crippen LogP contribution in [0.15, 0.2) is 0 Å². The third kappa shape index (κ3) is 2870. The molecule has 0 aromatic heterocycles. The Balaban J connectivity index is 0. The van der Waals surface area contributed by atoms with Crippen LogP contribution in [0.5, 0.6) is 0 Å². The maximum absolute atomic E-state index is 8.89. The van der Waals surface area contributed by atoms with E-state index in [0.717, 1.165) is 0 Å². The fraction of sp³-hybridized carbons (Fsp3) is 0. The monoisotopic (exact) mass is 139 g/mol. The third-order valence-electron chi connectivity index (χ3n) is 0. The van der Waals surface area contributed by atoms with Gasteiger partial charge in [-0.1, -0.05) is 0 Å². The molecule has 3 nitrogen and oxygen atoms in total. The van der Waals surface area contributed by atoms with E-state index in [2.05, 4.69) is 6.92 Å². The van der Waals surface area contributed by atoms with Gasteiger partial charge in [-0.2, -0.15) is 0 Å². The molecule has 1 radical (unpaired) electrons. The fourth-order valence-corrected chi connectivity index (χ4v) is 0. The van der Waals surface area contributed by atoms with Crippen molar-refractivity contribution in [1.29, 1.82) is 0 Å². The standard InChI is InChI=1S/C2H3O2.O.Zn/c1-2(3)4;;/h1H2,(H,3,4);;.